The van der Waals surface area contributed by atoms with Crippen LogP contribution in [0.4, 0.5) is 0 Å². The molecule has 0 aliphatic carbocycles. The van der Waals surface area contributed by atoms with Gasteiger partial charge in [0.25, 0.3) is 0 Å². The predicted octanol–water partition coefficient (Wildman–Crippen LogP) is 0.628. The number of nitrogens with one attached hydrogen (secondary N) is 1. The van der Waals surface area contributed by atoms with Gasteiger partial charge in [0.2, 0.25) is 5.91 Å². The van der Waals surface area contributed by atoms with Crippen molar-refractivity contribution < 1.29 is 14.3 Å². The summed E-state index contributed by atoms with van der Waals surface area (Å²) >= 11 is 0. The highest BCUT2D eigenvalue weighted by molar-refractivity contribution is 5.81. The fourth-order valence-electron chi connectivity index (χ4n) is 1.82. The minimum atomic E-state index is -0.546. The lowest BCUT2D eigenvalue weighted by Gasteiger charge is -2.18. The molecule has 0 aromatic rings. The van der Waals surface area contributed by atoms with E-state index >= 15 is 0 Å². The molecule has 0 aromatic heterocycles. The van der Waals surface area contributed by atoms with Crippen molar-refractivity contribution in [3.05, 3.63) is 0 Å². The smallest absolute Gasteiger partial charge is 0.237 e. The van der Waals surface area contributed by atoms with Crippen molar-refractivity contribution in [2.75, 3.05) is 13.2 Å². The molecule has 1 rings (SSSR count). The molecular weight excluding hydrogens is 220 g/mol. The van der Waals surface area contributed by atoms with Gasteiger partial charge in [0.15, 0.2) is 5.79 Å². The van der Waals surface area contributed by atoms with Crippen LogP contribution in [0.3, 0.4) is 0 Å². The number of nitrogens with two attached hydrogens (primary N) is 1. The zero-order valence-corrected chi connectivity index (χ0v) is 11.2. The first-order valence-corrected chi connectivity index (χ1v) is 6.15. The average molecular weight is 244 g/mol. The summed E-state index contributed by atoms with van der Waals surface area (Å²) in [5, 5.41) is 2.80. The molecule has 100 valence electrons. The van der Waals surface area contributed by atoms with E-state index < -0.39 is 11.8 Å². The van der Waals surface area contributed by atoms with E-state index in [1.807, 2.05) is 27.7 Å². The minimum Gasteiger partial charge on any atom is -0.352 e. The van der Waals surface area contributed by atoms with Crippen LogP contribution in [0.1, 0.15) is 34.1 Å². The fraction of sp³-hybridized carbons (Fsp3) is 0.917. The number of hydrogen-bond acceptors (Lipinski definition) is 4. The van der Waals surface area contributed by atoms with Gasteiger partial charge in [-0.3, -0.25) is 4.79 Å². The Hall–Kier alpha value is -0.650. The van der Waals surface area contributed by atoms with E-state index in [4.69, 9.17) is 15.2 Å². The molecule has 0 spiro atoms. The molecule has 1 saturated heterocycles. The first-order chi connectivity index (χ1) is 7.80. The largest absolute Gasteiger partial charge is 0.352 e. The molecule has 17 heavy (non-hydrogen) atoms. The number of carbonyl (C=O) groups excluding carboxylic acids is 1. The highest BCUT2D eigenvalue weighted by Crippen LogP contribution is 2.21. The number of carbonyl (C=O) groups is 1. The predicted molar refractivity (Wildman–Crippen MR) is 65.3 cm³/mol. The monoisotopic (exact) mass is 244 g/mol. The van der Waals surface area contributed by atoms with Gasteiger partial charge in [0.1, 0.15) is 6.10 Å². The molecule has 1 unspecified atom stereocenters. The van der Waals surface area contributed by atoms with Gasteiger partial charge in [-0.25, -0.2) is 0 Å². The number of amides is 1. The molecule has 0 saturated carbocycles. The summed E-state index contributed by atoms with van der Waals surface area (Å²) in [7, 11) is 0. The second-order valence-corrected chi connectivity index (χ2v) is 5.43. The zero-order chi connectivity index (χ0) is 13.1. The lowest BCUT2D eigenvalue weighted by molar-refractivity contribution is -0.139. The summed E-state index contributed by atoms with van der Waals surface area (Å²) in [5.74, 6) is -0.247. The van der Waals surface area contributed by atoms with Crippen LogP contribution in [0.25, 0.3) is 0 Å². The molecule has 3 N–H and O–H groups in total. The second kappa shape index (κ2) is 5.80. The van der Waals surface area contributed by atoms with Crippen LogP contribution in [0, 0.1) is 5.92 Å². The van der Waals surface area contributed by atoms with Gasteiger partial charge >= 0.3 is 0 Å². The Morgan fingerprint density at radius 3 is 2.65 bits per heavy atom. The van der Waals surface area contributed by atoms with E-state index in [9.17, 15) is 4.79 Å². The molecule has 0 aromatic carbocycles. The summed E-state index contributed by atoms with van der Waals surface area (Å²) in [6, 6.07) is -0.440. The highest BCUT2D eigenvalue weighted by Gasteiger charge is 2.32. The Labute approximate surface area is 103 Å². The summed E-state index contributed by atoms with van der Waals surface area (Å²) < 4.78 is 11.0. The minimum absolute atomic E-state index is 0.0831. The van der Waals surface area contributed by atoms with Crippen molar-refractivity contribution in [3.63, 3.8) is 0 Å². The quantitative estimate of drug-likeness (QED) is 0.744. The van der Waals surface area contributed by atoms with Crippen LogP contribution in [-0.2, 0) is 14.3 Å². The number of ether oxygens (including phenoxy) is 2. The molecule has 1 amide bonds. The average Bonchev–Trinajstić information content (AvgIpc) is 2.53. The van der Waals surface area contributed by atoms with E-state index in [0.717, 1.165) is 0 Å². The standard InChI is InChI=1S/C12H24N2O3/c1-8(2)5-10(13)11(15)14-6-9-7-16-12(3,4)17-9/h8-10H,5-7,13H2,1-4H3,(H,14,15)/t9?,10-/m0/s1. The Bertz CT molecular complexity index is 266. The molecule has 1 heterocycles. The first kappa shape index (κ1) is 14.4. The molecule has 5 nitrogen and oxygen atoms in total. The number of hydrogen-bond donors (Lipinski definition) is 2. The molecule has 1 fully saturated rings. The molecule has 0 radical (unpaired) electrons. The van der Waals surface area contributed by atoms with Gasteiger partial charge in [-0.1, -0.05) is 13.8 Å². The van der Waals surface area contributed by atoms with Crippen molar-refractivity contribution >= 4 is 5.91 Å². The summed E-state index contributed by atoms with van der Waals surface area (Å²) in [5.41, 5.74) is 5.77. The van der Waals surface area contributed by atoms with E-state index in [0.29, 0.717) is 25.5 Å². The van der Waals surface area contributed by atoms with Crippen molar-refractivity contribution in [3.8, 4) is 0 Å². The fourth-order valence-corrected chi connectivity index (χ4v) is 1.82. The normalized spacial score (nSPS) is 24.9. The van der Waals surface area contributed by atoms with Crippen molar-refractivity contribution in [1.29, 1.82) is 0 Å². The van der Waals surface area contributed by atoms with Crippen molar-refractivity contribution in [2.24, 2.45) is 11.7 Å². The Morgan fingerprint density at radius 1 is 1.53 bits per heavy atom. The third-order valence-electron chi connectivity index (χ3n) is 2.63. The molecule has 0 bridgehead atoms. The van der Waals surface area contributed by atoms with Gasteiger partial charge in [-0.05, 0) is 26.2 Å². The van der Waals surface area contributed by atoms with Gasteiger partial charge in [-0.2, -0.15) is 0 Å². The maximum Gasteiger partial charge on any atom is 0.237 e. The maximum absolute atomic E-state index is 11.7. The lowest BCUT2D eigenvalue weighted by atomic mass is 10.0. The van der Waals surface area contributed by atoms with Gasteiger partial charge in [-0.15, -0.1) is 0 Å². The van der Waals surface area contributed by atoms with Crippen LogP contribution in [0.5, 0.6) is 0 Å². The van der Waals surface area contributed by atoms with Crippen LogP contribution in [0.15, 0.2) is 0 Å². The van der Waals surface area contributed by atoms with E-state index in [1.165, 1.54) is 0 Å². The van der Waals surface area contributed by atoms with Gasteiger partial charge in [0.05, 0.1) is 12.6 Å². The number of rotatable bonds is 5. The molecular formula is C12H24N2O3. The molecule has 5 heteroatoms. The topological polar surface area (TPSA) is 73.6 Å². The SMILES string of the molecule is CC(C)C[C@H](N)C(=O)NCC1COC(C)(C)O1. The Kier molecular flexibility index (Phi) is 4.91. The zero-order valence-electron chi connectivity index (χ0n) is 11.2. The summed E-state index contributed by atoms with van der Waals surface area (Å²) in [4.78, 5) is 11.7. The second-order valence-electron chi connectivity index (χ2n) is 5.43. The van der Waals surface area contributed by atoms with Crippen LogP contribution < -0.4 is 11.1 Å². The lowest BCUT2D eigenvalue weighted by Crippen LogP contribution is -2.44. The van der Waals surface area contributed by atoms with Crippen LogP contribution in [-0.4, -0.2) is 37.0 Å². The first-order valence-electron chi connectivity index (χ1n) is 6.15. The molecule has 1 aliphatic heterocycles. The maximum atomic E-state index is 11.7. The molecule has 2 atom stereocenters. The van der Waals surface area contributed by atoms with Crippen LogP contribution in [0.2, 0.25) is 0 Å². The van der Waals surface area contributed by atoms with E-state index in [-0.39, 0.29) is 12.0 Å². The van der Waals surface area contributed by atoms with Crippen molar-refractivity contribution in [1.82, 2.24) is 5.32 Å². The van der Waals surface area contributed by atoms with Gasteiger partial charge in [0, 0.05) is 6.54 Å². The van der Waals surface area contributed by atoms with Crippen molar-refractivity contribution in [2.45, 2.75) is 52.0 Å². The summed E-state index contributed by atoms with van der Waals surface area (Å²) in [6.07, 6.45) is 0.611. The third kappa shape index (κ3) is 5.02. The van der Waals surface area contributed by atoms with Gasteiger partial charge < -0.3 is 20.5 Å². The third-order valence-corrected chi connectivity index (χ3v) is 2.63. The van der Waals surface area contributed by atoms with E-state index in [2.05, 4.69) is 5.32 Å². The van der Waals surface area contributed by atoms with E-state index in [1.54, 1.807) is 0 Å². The Balaban J connectivity index is 2.25. The van der Waals surface area contributed by atoms with Crippen LogP contribution >= 0.6 is 0 Å². The molecule has 1 aliphatic rings. The Morgan fingerprint density at radius 2 is 2.18 bits per heavy atom. The summed E-state index contributed by atoms with van der Waals surface area (Å²) in [6.45, 7) is 8.77. The highest BCUT2D eigenvalue weighted by atomic mass is 16.7.